The molecule has 0 bridgehead atoms. The van der Waals surface area contributed by atoms with Crippen LogP contribution in [-0.2, 0) is 19.6 Å². The number of ether oxygens (including phenoxy) is 1. The third-order valence-electron chi connectivity index (χ3n) is 3.08. The number of carbonyl (C=O) groups is 1. The molecule has 114 valence electrons. The Hall–Kier alpha value is -1.82. The smallest absolute Gasteiger partial charge is 0.349 e. The fourth-order valence-corrected chi connectivity index (χ4v) is 3.15. The summed E-state index contributed by atoms with van der Waals surface area (Å²) in [4.78, 5) is 16.7. The van der Waals surface area contributed by atoms with E-state index in [-0.39, 0.29) is 4.88 Å². The number of rotatable bonds is 8. The fourth-order valence-electron chi connectivity index (χ4n) is 2.11. The standard InChI is InChI=1S/C15H20N2O3S/c1-3-5-12-7-13(14(21-12)15(18)19)20-9-11-8-16-10-17(11)6-4-2/h7-8,10H,3-6,9H2,1-2H3,(H,18,19). The second-order valence-corrected chi connectivity index (χ2v) is 5.97. The zero-order valence-electron chi connectivity index (χ0n) is 12.3. The highest BCUT2D eigenvalue weighted by atomic mass is 32.1. The molecule has 21 heavy (non-hydrogen) atoms. The molecular weight excluding hydrogens is 288 g/mol. The molecule has 0 spiro atoms. The molecule has 0 aliphatic heterocycles. The molecule has 2 rings (SSSR count). The third-order valence-corrected chi connectivity index (χ3v) is 4.24. The first-order valence-electron chi connectivity index (χ1n) is 7.13. The van der Waals surface area contributed by atoms with E-state index in [0.717, 1.165) is 36.4 Å². The first kappa shape index (κ1) is 15.6. The van der Waals surface area contributed by atoms with Crippen LogP contribution < -0.4 is 4.74 Å². The van der Waals surface area contributed by atoms with E-state index < -0.39 is 5.97 Å². The van der Waals surface area contributed by atoms with Gasteiger partial charge in [-0.05, 0) is 18.9 Å². The molecule has 1 N–H and O–H groups in total. The highest BCUT2D eigenvalue weighted by molar-refractivity contribution is 7.14. The number of imidazole rings is 1. The molecule has 0 aromatic carbocycles. The van der Waals surface area contributed by atoms with Crippen molar-refractivity contribution in [1.29, 1.82) is 0 Å². The average Bonchev–Trinajstić information content (AvgIpc) is 3.04. The number of carboxylic acids is 1. The summed E-state index contributed by atoms with van der Waals surface area (Å²) in [5.41, 5.74) is 0.955. The largest absolute Gasteiger partial charge is 0.486 e. The third kappa shape index (κ3) is 3.85. The molecule has 0 amide bonds. The van der Waals surface area contributed by atoms with Crippen LogP contribution in [0.25, 0.3) is 0 Å². The molecule has 0 aliphatic rings. The van der Waals surface area contributed by atoms with E-state index >= 15 is 0 Å². The van der Waals surface area contributed by atoms with E-state index in [2.05, 4.69) is 18.8 Å². The van der Waals surface area contributed by atoms with E-state index in [1.807, 2.05) is 10.6 Å². The molecule has 5 nitrogen and oxygen atoms in total. The monoisotopic (exact) mass is 308 g/mol. The van der Waals surface area contributed by atoms with Gasteiger partial charge in [0.05, 0.1) is 18.2 Å². The van der Waals surface area contributed by atoms with Gasteiger partial charge in [-0.2, -0.15) is 0 Å². The molecule has 0 fully saturated rings. The number of hydrogen-bond acceptors (Lipinski definition) is 4. The predicted octanol–water partition coefficient (Wildman–Crippen LogP) is 3.58. The van der Waals surface area contributed by atoms with Crippen LogP contribution in [0, 0.1) is 0 Å². The van der Waals surface area contributed by atoms with Crippen molar-refractivity contribution >= 4 is 17.3 Å². The first-order chi connectivity index (χ1) is 10.2. The summed E-state index contributed by atoms with van der Waals surface area (Å²) >= 11 is 1.30. The lowest BCUT2D eigenvalue weighted by Crippen LogP contribution is -2.06. The quantitative estimate of drug-likeness (QED) is 0.809. The van der Waals surface area contributed by atoms with Gasteiger partial charge < -0.3 is 14.4 Å². The van der Waals surface area contributed by atoms with E-state index in [1.165, 1.54) is 11.3 Å². The molecule has 0 aliphatic carbocycles. The topological polar surface area (TPSA) is 64.4 Å². The van der Waals surface area contributed by atoms with Crippen LogP contribution in [0.1, 0.15) is 46.9 Å². The molecule has 6 heteroatoms. The van der Waals surface area contributed by atoms with Crippen LogP contribution in [0.15, 0.2) is 18.6 Å². The number of hydrogen-bond donors (Lipinski definition) is 1. The van der Waals surface area contributed by atoms with Crippen LogP contribution in [0.5, 0.6) is 5.75 Å². The number of aromatic nitrogens is 2. The van der Waals surface area contributed by atoms with Gasteiger partial charge in [0.25, 0.3) is 0 Å². The molecular formula is C15H20N2O3S. The normalized spacial score (nSPS) is 10.8. The lowest BCUT2D eigenvalue weighted by Gasteiger charge is -2.08. The van der Waals surface area contributed by atoms with Gasteiger partial charge in [-0.25, -0.2) is 9.78 Å². The van der Waals surface area contributed by atoms with E-state index in [9.17, 15) is 9.90 Å². The Labute approximate surface area is 128 Å². The fraction of sp³-hybridized carbons (Fsp3) is 0.467. The predicted molar refractivity (Wildman–Crippen MR) is 82.1 cm³/mol. The highest BCUT2D eigenvalue weighted by Gasteiger charge is 2.17. The molecule has 0 atom stereocenters. The van der Waals surface area contributed by atoms with Crippen LogP contribution >= 0.6 is 11.3 Å². The maximum Gasteiger partial charge on any atom is 0.349 e. The molecule has 0 saturated heterocycles. The Morgan fingerprint density at radius 2 is 2.24 bits per heavy atom. The minimum atomic E-state index is -0.931. The Bertz CT molecular complexity index is 604. The van der Waals surface area contributed by atoms with E-state index in [1.54, 1.807) is 12.5 Å². The van der Waals surface area contributed by atoms with Crippen molar-refractivity contribution in [3.05, 3.63) is 34.0 Å². The summed E-state index contributed by atoms with van der Waals surface area (Å²) in [5, 5.41) is 9.26. The summed E-state index contributed by atoms with van der Waals surface area (Å²) in [6.45, 7) is 5.39. The zero-order valence-corrected chi connectivity index (χ0v) is 13.2. The van der Waals surface area contributed by atoms with Crippen LogP contribution in [-0.4, -0.2) is 20.6 Å². The zero-order chi connectivity index (χ0) is 15.2. The van der Waals surface area contributed by atoms with Gasteiger partial charge in [0.1, 0.15) is 12.4 Å². The van der Waals surface area contributed by atoms with Gasteiger partial charge in [0, 0.05) is 11.4 Å². The Morgan fingerprint density at radius 1 is 1.43 bits per heavy atom. The minimum Gasteiger partial charge on any atom is -0.486 e. The van der Waals surface area contributed by atoms with Crippen molar-refractivity contribution in [3.63, 3.8) is 0 Å². The SMILES string of the molecule is CCCc1cc(OCc2cncn2CCC)c(C(=O)O)s1. The number of nitrogens with zero attached hydrogens (tertiary/aromatic N) is 2. The van der Waals surface area contributed by atoms with Crippen LogP contribution in [0.3, 0.4) is 0 Å². The number of aromatic carboxylic acids is 1. The second-order valence-electron chi connectivity index (χ2n) is 4.83. The number of carboxylic acid groups (broad SMARTS) is 1. The Morgan fingerprint density at radius 3 is 2.90 bits per heavy atom. The van der Waals surface area contributed by atoms with Crippen molar-refractivity contribution in [3.8, 4) is 5.75 Å². The minimum absolute atomic E-state index is 0.278. The van der Waals surface area contributed by atoms with Crippen molar-refractivity contribution in [2.75, 3.05) is 0 Å². The van der Waals surface area contributed by atoms with Gasteiger partial charge >= 0.3 is 5.97 Å². The van der Waals surface area contributed by atoms with Gasteiger partial charge in [0.15, 0.2) is 4.88 Å². The van der Waals surface area contributed by atoms with E-state index in [4.69, 9.17) is 4.74 Å². The van der Waals surface area contributed by atoms with Gasteiger partial charge in [-0.3, -0.25) is 0 Å². The lowest BCUT2D eigenvalue weighted by molar-refractivity contribution is 0.0697. The molecule has 2 aromatic heterocycles. The lowest BCUT2D eigenvalue weighted by atomic mass is 10.3. The molecule has 0 unspecified atom stereocenters. The molecule has 0 radical (unpaired) electrons. The average molecular weight is 308 g/mol. The first-order valence-corrected chi connectivity index (χ1v) is 7.95. The Kier molecular flexibility index (Phi) is 5.38. The second kappa shape index (κ2) is 7.26. The van der Waals surface area contributed by atoms with Gasteiger partial charge in [-0.1, -0.05) is 20.3 Å². The summed E-state index contributed by atoms with van der Waals surface area (Å²) < 4.78 is 7.75. The van der Waals surface area contributed by atoms with Crippen LogP contribution in [0.4, 0.5) is 0 Å². The van der Waals surface area contributed by atoms with Crippen molar-refractivity contribution in [1.82, 2.24) is 9.55 Å². The number of aryl methyl sites for hydroxylation is 2. The maximum atomic E-state index is 11.3. The van der Waals surface area contributed by atoms with Crippen molar-refractivity contribution in [2.45, 2.75) is 46.3 Å². The molecule has 2 aromatic rings. The van der Waals surface area contributed by atoms with Gasteiger partial charge in [0.2, 0.25) is 0 Å². The van der Waals surface area contributed by atoms with E-state index in [0.29, 0.717) is 12.4 Å². The summed E-state index contributed by atoms with van der Waals surface area (Å²) in [5.74, 6) is -0.473. The molecule has 2 heterocycles. The van der Waals surface area contributed by atoms with Crippen LogP contribution in [0.2, 0.25) is 0 Å². The van der Waals surface area contributed by atoms with Crippen molar-refractivity contribution < 1.29 is 14.6 Å². The summed E-state index contributed by atoms with van der Waals surface area (Å²) in [6, 6.07) is 1.85. The summed E-state index contributed by atoms with van der Waals surface area (Å²) in [7, 11) is 0. The summed E-state index contributed by atoms with van der Waals surface area (Å²) in [6.07, 6.45) is 6.42. The highest BCUT2D eigenvalue weighted by Crippen LogP contribution is 2.31. The number of thiophene rings is 1. The van der Waals surface area contributed by atoms with Crippen molar-refractivity contribution in [2.24, 2.45) is 0 Å². The Balaban J connectivity index is 2.11. The maximum absolute atomic E-state index is 11.3. The van der Waals surface area contributed by atoms with Gasteiger partial charge in [-0.15, -0.1) is 11.3 Å². The molecule has 0 saturated carbocycles.